The lowest BCUT2D eigenvalue weighted by Crippen LogP contribution is -2.27. The zero-order valence-electron chi connectivity index (χ0n) is 62.8. The van der Waals surface area contributed by atoms with E-state index in [1.54, 1.807) is 256 Å². The van der Waals surface area contributed by atoms with E-state index in [0.29, 0.717) is 95.9 Å². The van der Waals surface area contributed by atoms with Crippen molar-refractivity contribution < 1.29 is 67.3 Å². The second kappa shape index (κ2) is 37.7. The lowest BCUT2D eigenvalue weighted by Gasteiger charge is -2.19. The SMILES string of the molecule is CC(C)(C)OC(=O)Nc1ccc(C(=O)Nc2ccc(C(=O)Nc3ccc(N)cc3)cc2)cc1.CC(C)(C)OC(=O)Nc1ccc(C(=O)Nc2ccc(C(=O)O)cc2)cc1.CN(C)c1ccc(N=Nc2ccc(C(=O)Nc3ccc(NC(=O)c4ccc(NC(=O)c5ccc(NC(=O)OC(C)(C)C)cc5)cc4)cc3)cc2)cc1. The fourth-order valence-electron chi connectivity index (χ4n) is 9.52. The molecule has 0 heterocycles. The molecule has 0 saturated heterocycles. The highest BCUT2D eigenvalue weighted by atomic mass is 16.6. The van der Waals surface area contributed by atoms with Crippen LogP contribution in [0, 0.1) is 0 Å². The van der Waals surface area contributed by atoms with Gasteiger partial charge in [0.25, 0.3) is 35.4 Å². The summed E-state index contributed by atoms with van der Waals surface area (Å²) in [4.78, 5) is 124. The summed E-state index contributed by atoms with van der Waals surface area (Å²) in [5.74, 6) is -2.96. The maximum absolute atomic E-state index is 12.9. The molecule has 10 aromatic rings. The first-order chi connectivity index (χ1) is 52.5. The van der Waals surface area contributed by atoms with Crippen LogP contribution in [0.3, 0.4) is 0 Å². The molecule has 0 unspecified atom stereocenters. The first kappa shape index (κ1) is 82.2. The topological polar surface area (TPSA) is 381 Å². The largest absolute Gasteiger partial charge is 0.478 e. The van der Waals surface area contributed by atoms with E-state index < -0.39 is 41.1 Å². The maximum atomic E-state index is 12.9. The first-order valence-corrected chi connectivity index (χ1v) is 34.5. The van der Waals surface area contributed by atoms with Crippen LogP contribution >= 0.6 is 0 Å². The lowest BCUT2D eigenvalue weighted by atomic mass is 10.1. The number of carbonyl (C=O) groups excluding carboxylic acids is 9. The number of nitrogens with zero attached hydrogens (tertiary/aromatic N) is 3. The maximum Gasteiger partial charge on any atom is 0.412 e. The molecule has 0 radical (unpaired) electrons. The number of nitrogens with one attached hydrogen (secondary N) is 9. The molecule has 0 atom stereocenters. The first-order valence-electron chi connectivity index (χ1n) is 34.5. The standard InChI is InChI=1S/C40H39N7O5.C25H26N4O4.C19H20N2O5/c1-40(2,3)52-39(51)44-32-14-8-27(9-15-32)36(48)41-29-12-6-26(7-13-29)37(49)42-30-18-20-31(21-19-30)43-38(50)28-10-16-33(17-11-28)45-46-34-22-24-35(25-23-34)47(4)5;1-25(2,3)33-24(32)29-21-12-6-17(7-13-21)22(30)27-19-10-4-16(5-11-19)23(31)28-20-14-8-18(26)9-15-20;1-19(2,3)26-18(25)21-15-8-4-12(5-9-15)16(22)20-14-10-6-13(7-11-14)17(23)24/h6-25H,1-5H3,(H,41,48)(H,42,49)(H,43,50)(H,44,51);4-15H,26H2,1-3H3,(H,27,30)(H,28,31)(H,29,32);4-11H,1-3H3,(H,20,22)(H,21,25)(H,23,24). The van der Waals surface area contributed by atoms with Gasteiger partial charge in [-0.1, -0.05) is 0 Å². The van der Waals surface area contributed by atoms with Gasteiger partial charge in [-0.15, -0.1) is 0 Å². The van der Waals surface area contributed by atoms with Crippen molar-refractivity contribution >= 4 is 134 Å². The smallest absolute Gasteiger partial charge is 0.412 e. The molecule has 0 aliphatic rings. The Morgan fingerprint density at radius 2 is 0.459 bits per heavy atom. The van der Waals surface area contributed by atoms with Crippen LogP contribution in [-0.2, 0) is 14.2 Å². The van der Waals surface area contributed by atoms with Gasteiger partial charge in [0.15, 0.2) is 0 Å². The number of hydrogen-bond donors (Lipinski definition) is 11. The minimum absolute atomic E-state index is 0.139. The molecule has 0 spiro atoms. The third-order valence-electron chi connectivity index (χ3n) is 14.9. The summed E-state index contributed by atoms with van der Waals surface area (Å²) in [5.41, 5.74) is 14.2. The van der Waals surface area contributed by atoms with Crippen LogP contribution in [0.25, 0.3) is 0 Å². The normalized spacial score (nSPS) is 10.9. The molecule has 10 aromatic carbocycles. The molecular formula is C84H85N13O14. The van der Waals surface area contributed by atoms with Crippen molar-refractivity contribution in [2.24, 2.45) is 10.2 Å². The highest BCUT2D eigenvalue weighted by molar-refractivity contribution is 6.09. The number of hydrogen-bond acceptors (Lipinski definition) is 17. The van der Waals surface area contributed by atoms with Gasteiger partial charge in [-0.25, -0.2) is 19.2 Å². The zero-order chi connectivity index (χ0) is 80.6. The molecule has 111 heavy (non-hydrogen) atoms. The second-order valence-corrected chi connectivity index (χ2v) is 27.7. The molecule has 10 rings (SSSR count). The fourth-order valence-corrected chi connectivity index (χ4v) is 9.52. The van der Waals surface area contributed by atoms with E-state index >= 15 is 0 Å². The van der Waals surface area contributed by atoms with Gasteiger partial charge in [0.1, 0.15) is 16.8 Å². The molecule has 570 valence electrons. The predicted octanol–water partition coefficient (Wildman–Crippen LogP) is 18.4. The molecule has 0 saturated carbocycles. The van der Waals surface area contributed by atoms with Crippen LogP contribution in [-0.4, -0.2) is 95.7 Å². The number of carboxylic acid groups (broad SMARTS) is 1. The van der Waals surface area contributed by atoms with E-state index in [1.807, 2.05) is 43.3 Å². The third-order valence-corrected chi connectivity index (χ3v) is 14.9. The second-order valence-electron chi connectivity index (χ2n) is 27.7. The summed E-state index contributed by atoms with van der Waals surface area (Å²) in [5, 5.41) is 41.9. The number of anilines is 11. The number of nitrogens with two attached hydrogens (primary N) is 1. The minimum Gasteiger partial charge on any atom is -0.478 e. The highest BCUT2D eigenvalue weighted by Crippen LogP contribution is 2.26. The van der Waals surface area contributed by atoms with Crippen LogP contribution < -0.4 is 58.5 Å². The molecular weight excluding hydrogens is 1420 g/mol. The number of carbonyl (C=O) groups is 10. The monoisotopic (exact) mass is 1500 g/mol. The van der Waals surface area contributed by atoms with E-state index in [4.69, 9.17) is 25.1 Å². The van der Waals surface area contributed by atoms with E-state index in [2.05, 4.69) is 58.1 Å². The van der Waals surface area contributed by atoms with E-state index in [1.165, 1.54) is 24.3 Å². The Hall–Kier alpha value is -14.5. The molecule has 12 N–H and O–H groups in total. The quantitative estimate of drug-likeness (QED) is 0.0203. The molecule has 27 nitrogen and oxygen atoms in total. The molecule has 9 amide bonds. The number of aromatic carboxylic acids is 1. The van der Waals surface area contributed by atoms with Crippen molar-refractivity contribution in [2.75, 3.05) is 72.6 Å². The number of carboxylic acids is 1. The Morgan fingerprint density at radius 3 is 0.667 bits per heavy atom. The molecule has 0 aliphatic heterocycles. The van der Waals surface area contributed by atoms with E-state index in [9.17, 15) is 47.9 Å². The number of benzene rings is 10. The Labute approximate surface area is 641 Å². The number of amides is 9. The average Bonchev–Trinajstić information content (AvgIpc) is 0.676. The summed E-state index contributed by atoms with van der Waals surface area (Å²) in [6, 6.07) is 66.0. The molecule has 0 aliphatic carbocycles. The molecule has 0 bridgehead atoms. The summed E-state index contributed by atoms with van der Waals surface area (Å²) in [7, 11) is 3.94. The van der Waals surface area contributed by atoms with Crippen LogP contribution in [0.5, 0.6) is 0 Å². The third kappa shape index (κ3) is 27.7. The van der Waals surface area contributed by atoms with Gasteiger partial charge < -0.3 is 61.9 Å². The Bertz CT molecular complexity index is 4950. The molecule has 0 aromatic heterocycles. The summed E-state index contributed by atoms with van der Waals surface area (Å²) in [6.07, 6.45) is -1.73. The van der Waals surface area contributed by atoms with Crippen LogP contribution in [0.15, 0.2) is 253 Å². The van der Waals surface area contributed by atoms with Gasteiger partial charge in [0.05, 0.1) is 16.9 Å². The van der Waals surface area contributed by atoms with Gasteiger partial charge in [0.2, 0.25) is 0 Å². The summed E-state index contributed by atoms with van der Waals surface area (Å²) < 4.78 is 15.6. The minimum atomic E-state index is -1.03. The zero-order valence-corrected chi connectivity index (χ0v) is 62.8. The number of ether oxygens (including phenoxy) is 3. The highest BCUT2D eigenvalue weighted by Gasteiger charge is 2.21. The van der Waals surface area contributed by atoms with Crippen molar-refractivity contribution in [3.63, 3.8) is 0 Å². The Kier molecular flexibility index (Phi) is 27.9. The Balaban J connectivity index is 0.000000225. The van der Waals surface area contributed by atoms with Crippen molar-refractivity contribution in [1.82, 2.24) is 0 Å². The molecule has 0 fully saturated rings. The van der Waals surface area contributed by atoms with Crippen LogP contribution in [0.2, 0.25) is 0 Å². The van der Waals surface area contributed by atoms with Crippen LogP contribution in [0.1, 0.15) is 135 Å². The van der Waals surface area contributed by atoms with Gasteiger partial charge >= 0.3 is 24.2 Å². The van der Waals surface area contributed by atoms with E-state index in [-0.39, 0.29) is 41.0 Å². The average molecular weight is 1500 g/mol. The van der Waals surface area contributed by atoms with Gasteiger partial charge in [0, 0.05) is 110 Å². The van der Waals surface area contributed by atoms with Crippen molar-refractivity contribution in [1.29, 1.82) is 0 Å². The summed E-state index contributed by atoms with van der Waals surface area (Å²) in [6.45, 7) is 15.9. The van der Waals surface area contributed by atoms with Crippen molar-refractivity contribution in [2.45, 2.75) is 79.1 Å². The molecule has 27 heteroatoms. The number of rotatable bonds is 19. The van der Waals surface area contributed by atoms with Crippen LogP contribution in [0.4, 0.5) is 88.3 Å². The number of azo groups is 1. The lowest BCUT2D eigenvalue weighted by molar-refractivity contribution is 0.0624. The summed E-state index contributed by atoms with van der Waals surface area (Å²) >= 11 is 0. The van der Waals surface area contributed by atoms with Gasteiger partial charge in [-0.2, -0.15) is 10.2 Å². The van der Waals surface area contributed by atoms with Crippen molar-refractivity contribution in [3.8, 4) is 0 Å². The number of nitrogen functional groups attached to an aromatic ring is 1. The predicted molar refractivity (Wildman–Crippen MR) is 432 cm³/mol. The van der Waals surface area contributed by atoms with Gasteiger partial charge in [-0.3, -0.25) is 44.7 Å². The fraction of sp³-hybridized carbons (Fsp3) is 0.167. The Morgan fingerprint density at radius 1 is 0.279 bits per heavy atom. The van der Waals surface area contributed by atoms with E-state index in [0.717, 1.165) is 11.4 Å². The van der Waals surface area contributed by atoms with Crippen molar-refractivity contribution in [3.05, 3.63) is 282 Å². The van der Waals surface area contributed by atoms with Gasteiger partial charge in [-0.05, 0) is 305 Å².